The molecule has 0 radical (unpaired) electrons. The first-order valence-corrected chi connectivity index (χ1v) is 12.0. The summed E-state index contributed by atoms with van der Waals surface area (Å²) >= 11 is 11.7. The topological polar surface area (TPSA) is 118 Å². The van der Waals surface area contributed by atoms with Crippen molar-refractivity contribution < 1.29 is 9.72 Å². The maximum absolute atomic E-state index is 12.8. The van der Waals surface area contributed by atoms with Gasteiger partial charge in [-0.2, -0.15) is 4.80 Å². The lowest BCUT2D eigenvalue weighted by atomic mass is 10.1. The van der Waals surface area contributed by atoms with E-state index < -0.39 is 10.8 Å². The first-order chi connectivity index (χ1) is 17.4. The molecule has 0 spiro atoms. The van der Waals surface area contributed by atoms with Crippen LogP contribution in [-0.2, 0) is 0 Å². The van der Waals surface area contributed by atoms with Crippen LogP contribution in [-0.4, -0.2) is 44.0 Å². The lowest BCUT2D eigenvalue weighted by Gasteiger charge is -2.18. The van der Waals surface area contributed by atoms with Crippen LogP contribution in [0.5, 0.6) is 0 Å². The molecule has 1 saturated heterocycles. The molecule has 3 aromatic carbocycles. The average Bonchev–Trinajstić information content (AvgIpc) is 3.54. The second-order valence-corrected chi connectivity index (χ2v) is 9.02. The van der Waals surface area contributed by atoms with Crippen LogP contribution in [0.25, 0.3) is 16.7 Å². The molecule has 0 atom stereocenters. The summed E-state index contributed by atoms with van der Waals surface area (Å²) in [6.07, 6.45) is 1.96. The fraction of sp³-hybridized carbons (Fsp3) is 0.167. The Balaban J connectivity index is 1.32. The molecule has 2 N–H and O–H groups in total. The fourth-order valence-corrected chi connectivity index (χ4v) is 4.48. The van der Waals surface area contributed by atoms with Crippen molar-refractivity contribution in [1.29, 1.82) is 0 Å². The minimum absolute atomic E-state index is 0.0111. The Morgan fingerprint density at radius 1 is 1.03 bits per heavy atom. The molecule has 10 nitrogen and oxygen atoms in total. The molecule has 1 aliphatic heterocycles. The first-order valence-electron chi connectivity index (χ1n) is 11.2. The van der Waals surface area contributed by atoms with Gasteiger partial charge in [0.1, 0.15) is 16.7 Å². The molecule has 12 heteroatoms. The molecule has 1 amide bonds. The van der Waals surface area contributed by atoms with Crippen molar-refractivity contribution in [3.05, 3.63) is 81.4 Å². The zero-order valence-corrected chi connectivity index (χ0v) is 20.4. The molecule has 2 heterocycles. The number of nitrogens with one attached hydrogen (secondary N) is 2. The van der Waals surface area contributed by atoms with Gasteiger partial charge in [-0.3, -0.25) is 20.2 Å². The molecule has 182 valence electrons. The molecule has 5 rings (SSSR count). The summed E-state index contributed by atoms with van der Waals surface area (Å²) in [5.41, 5.74) is 2.93. The Hall–Kier alpha value is -4.09. The molecule has 1 aliphatic rings. The summed E-state index contributed by atoms with van der Waals surface area (Å²) in [5.74, 6) is -0.573. The number of hydrogen-bond acceptors (Lipinski definition) is 7. The predicted octanol–water partition coefficient (Wildman–Crippen LogP) is 4.71. The Morgan fingerprint density at radius 2 is 1.72 bits per heavy atom. The first kappa shape index (κ1) is 23.6. The van der Waals surface area contributed by atoms with Gasteiger partial charge < -0.3 is 10.2 Å². The number of aromatic nitrogens is 3. The highest BCUT2D eigenvalue weighted by atomic mass is 35.5. The molecule has 0 unspecified atom stereocenters. The summed E-state index contributed by atoms with van der Waals surface area (Å²) in [4.78, 5) is 27.4. The number of amides is 1. The summed E-state index contributed by atoms with van der Waals surface area (Å²) in [5, 5.41) is 26.3. The van der Waals surface area contributed by atoms with Crippen molar-refractivity contribution in [3.8, 4) is 5.69 Å². The number of nitrogens with zero attached hydrogens (tertiary/aromatic N) is 5. The predicted molar refractivity (Wildman–Crippen MR) is 142 cm³/mol. The van der Waals surface area contributed by atoms with Crippen LogP contribution in [0.4, 0.5) is 17.1 Å². The van der Waals surface area contributed by atoms with E-state index in [1.165, 1.54) is 10.9 Å². The normalized spacial score (nSPS) is 13.1. The molecule has 0 aliphatic carbocycles. The lowest BCUT2D eigenvalue weighted by molar-refractivity contribution is -0.384. The number of thiocarbonyl (C=S) groups is 1. The van der Waals surface area contributed by atoms with Gasteiger partial charge in [-0.15, -0.1) is 10.2 Å². The lowest BCUT2D eigenvalue weighted by Crippen LogP contribution is -2.34. The third kappa shape index (κ3) is 4.83. The smallest absolute Gasteiger partial charge is 0.293 e. The van der Waals surface area contributed by atoms with Crippen molar-refractivity contribution in [2.45, 2.75) is 12.8 Å². The van der Waals surface area contributed by atoms with Crippen LogP contribution in [0, 0.1) is 10.1 Å². The van der Waals surface area contributed by atoms with Crippen molar-refractivity contribution in [1.82, 2.24) is 20.3 Å². The van der Waals surface area contributed by atoms with E-state index in [1.54, 1.807) is 24.3 Å². The van der Waals surface area contributed by atoms with E-state index in [2.05, 4.69) is 20.8 Å². The van der Waals surface area contributed by atoms with Gasteiger partial charge in [-0.05, 0) is 61.5 Å². The van der Waals surface area contributed by atoms with Crippen LogP contribution >= 0.6 is 23.8 Å². The van der Waals surface area contributed by atoms with E-state index in [0.29, 0.717) is 27.4 Å². The number of halogens is 1. The molecule has 1 aromatic heterocycles. The van der Waals surface area contributed by atoms with Gasteiger partial charge in [-0.1, -0.05) is 29.8 Å². The van der Waals surface area contributed by atoms with Crippen molar-refractivity contribution in [3.63, 3.8) is 0 Å². The number of carbonyl (C=O) groups is 1. The maximum Gasteiger partial charge on any atom is 0.293 e. The number of fused-ring (bicyclic) bond motifs is 1. The van der Waals surface area contributed by atoms with Gasteiger partial charge in [0.25, 0.3) is 11.6 Å². The highest BCUT2D eigenvalue weighted by molar-refractivity contribution is 7.80. The summed E-state index contributed by atoms with van der Waals surface area (Å²) in [7, 11) is 0. The largest absolute Gasteiger partial charge is 0.366 e. The van der Waals surface area contributed by atoms with E-state index in [1.807, 2.05) is 35.2 Å². The Bertz CT molecular complexity index is 1490. The van der Waals surface area contributed by atoms with E-state index in [4.69, 9.17) is 23.8 Å². The molecular formula is C24H20ClN7O3S. The second kappa shape index (κ2) is 9.88. The van der Waals surface area contributed by atoms with Gasteiger partial charge in [0.15, 0.2) is 5.11 Å². The molecule has 4 aromatic rings. The Labute approximate surface area is 216 Å². The third-order valence-corrected chi connectivity index (χ3v) is 6.33. The van der Waals surface area contributed by atoms with Crippen LogP contribution in [0.1, 0.15) is 23.2 Å². The number of anilines is 2. The highest BCUT2D eigenvalue weighted by Crippen LogP contribution is 2.32. The van der Waals surface area contributed by atoms with Gasteiger partial charge >= 0.3 is 0 Å². The minimum atomic E-state index is -0.573. The Morgan fingerprint density at radius 3 is 2.42 bits per heavy atom. The Kier molecular flexibility index (Phi) is 6.49. The number of nitro benzene ring substituents is 1. The van der Waals surface area contributed by atoms with Gasteiger partial charge in [0.2, 0.25) is 0 Å². The summed E-state index contributed by atoms with van der Waals surface area (Å²) in [6, 6.07) is 17.2. The number of hydrogen-bond donors (Lipinski definition) is 2. The van der Waals surface area contributed by atoms with Crippen LogP contribution < -0.4 is 15.5 Å². The van der Waals surface area contributed by atoms with Gasteiger partial charge in [-0.25, -0.2) is 0 Å². The molecular weight excluding hydrogens is 502 g/mol. The van der Waals surface area contributed by atoms with Crippen LogP contribution in [0.3, 0.4) is 0 Å². The average molecular weight is 522 g/mol. The number of rotatable bonds is 5. The second-order valence-electron chi connectivity index (χ2n) is 8.21. The van der Waals surface area contributed by atoms with Gasteiger partial charge in [0, 0.05) is 24.7 Å². The zero-order valence-electron chi connectivity index (χ0n) is 18.8. The highest BCUT2D eigenvalue weighted by Gasteiger charge is 2.24. The van der Waals surface area contributed by atoms with Crippen molar-refractivity contribution in [2.24, 2.45) is 0 Å². The number of carbonyl (C=O) groups excluding carboxylic acids is 1. The summed E-state index contributed by atoms with van der Waals surface area (Å²) in [6.45, 7) is 1.51. The van der Waals surface area contributed by atoms with E-state index >= 15 is 0 Å². The number of para-hydroxylation sites is 1. The molecule has 0 bridgehead atoms. The quantitative estimate of drug-likeness (QED) is 0.220. The van der Waals surface area contributed by atoms with E-state index in [9.17, 15) is 14.9 Å². The van der Waals surface area contributed by atoms with Crippen molar-refractivity contribution in [2.75, 3.05) is 23.3 Å². The standard InChI is InChI=1S/C24H20ClN7O3S/c25-17-13-19-20(29-31(28-19)16-6-2-1-3-7-16)14-18(17)26-24(36)27-23(33)15-8-9-21(22(12-15)32(34)35)30-10-4-5-11-30/h1-3,6-9,12-14H,4-5,10-11H2,(H2,26,27,33,36). The molecule has 36 heavy (non-hydrogen) atoms. The fourth-order valence-electron chi connectivity index (χ4n) is 4.08. The number of nitro groups is 1. The van der Waals surface area contributed by atoms with Crippen molar-refractivity contribution >= 4 is 62.9 Å². The third-order valence-electron chi connectivity index (χ3n) is 5.81. The van der Waals surface area contributed by atoms with Crippen LogP contribution in [0.15, 0.2) is 60.7 Å². The van der Waals surface area contributed by atoms with E-state index in [0.717, 1.165) is 31.6 Å². The van der Waals surface area contributed by atoms with Crippen LogP contribution in [0.2, 0.25) is 5.02 Å². The molecule has 1 fully saturated rings. The van der Waals surface area contributed by atoms with Gasteiger partial charge in [0.05, 0.1) is 21.3 Å². The molecule has 0 saturated carbocycles. The number of benzene rings is 3. The summed E-state index contributed by atoms with van der Waals surface area (Å²) < 4.78 is 0. The SMILES string of the molecule is O=C(NC(=S)Nc1cc2nn(-c3ccccc3)nc2cc1Cl)c1ccc(N2CCCC2)c([N+](=O)[O-])c1. The minimum Gasteiger partial charge on any atom is -0.366 e. The monoisotopic (exact) mass is 521 g/mol. The zero-order chi connectivity index (χ0) is 25.2. The van der Waals surface area contributed by atoms with E-state index in [-0.39, 0.29) is 16.4 Å². The maximum atomic E-state index is 12.8.